The molecule has 0 aromatic carbocycles. The smallest absolute Gasteiger partial charge is 0.222 e. The number of carbonyl (C=O) groups excluding carboxylic acids is 1. The van der Waals surface area contributed by atoms with Crippen molar-refractivity contribution in [3.05, 3.63) is 0 Å². The van der Waals surface area contributed by atoms with Gasteiger partial charge in [0, 0.05) is 25.0 Å². The number of carbonyl (C=O) groups is 1. The summed E-state index contributed by atoms with van der Waals surface area (Å²) < 4.78 is 0. The lowest BCUT2D eigenvalue weighted by Crippen LogP contribution is -2.39. The van der Waals surface area contributed by atoms with Gasteiger partial charge in [0.1, 0.15) is 0 Å². The highest BCUT2D eigenvalue weighted by Gasteiger charge is 2.33. The third-order valence-corrected chi connectivity index (χ3v) is 2.83. The predicted molar refractivity (Wildman–Crippen MR) is 74.6 cm³/mol. The Morgan fingerprint density at radius 3 is 2.61 bits per heavy atom. The molecule has 0 bridgehead atoms. The molecule has 1 fully saturated rings. The van der Waals surface area contributed by atoms with E-state index in [1.165, 1.54) is 6.42 Å². The van der Waals surface area contributed by atoms with Gasteiger partial charge in [-0.05, 0) is 33.1 Å². The van der Waals surface area contributed by atoms with Crippen LogP contribution in [-0.4, -0.2) is 37.0 Å². The molecule has 0 spiro atoms. The first kappa shape index (κ1) is 14.8. The molecular weight excluding hydrogens is 228 g/mol. The Hall–Kier alpha value is -1.26. The summed E-state index contributed by atoms with van der Waals surface area (Å²) in [7, 11) is 0. The van der Waals surface area contributed by atoms with Gasteiger partial charge < -0.3 is 16.0 Å². The molecule has 0 aromatic rings. The number of rotatable bonds is 6. The van der Waals surface area contributed by atoms with Crippen LogP contribution in [0.4, 0.5) is 0 Å². The van der Waals surface area contributed by atoms with E-state index in [1.54, 1.807) is 0 Å². The van der Waals surface area contributed by atoms with Gasteiger partial charge in [-0.25, -0.2) is 0 Å². The van der Waals surface area contributed by atoms with E-state index in [9.17, 15) is 4.79 Å². The minimum absolute atomic E-state index is 0.0596. The molecule has 1 saturated carbocycles. The summed E-state index contributed by atoms with van der Waals surface area (Å²) in [5.74, 6) is 1.62. The molecular formula is C13H26N4O. The zero-order valence-corrected chi connectivity index (χ0v) is 11.9. The SMILES string of the molecule is CCNC(=NCCC(=O)NC(C)C)NC1CC1C. The maximum atomic E-state index is 11.5. The van der Waals surface area contributed by atoms with Crippen LogP contribution in [0, 0.1) is 5.92 Å². The Balaban J connectivity index is 2.28. The van der Waals surface area contributed by atoms with Gasteiger partial charge in [0.05, 0.1) is 6.54 Å². The first-order valence-corrected chi connectivity index (χ1v) is 6.87. The van der Waals surface area contributed by atoms with Gasteiger partial charge in [-0.1, -0.05) is 6.92 Å². The average Bonchev–Trinajstić information content (AvgIpc) is 2.93. The van der Waals surface area contributed by atoms with Crippen LogP contribution in [0.2, 0.25) is 0 Å². The van der Waals surface area contributed by atoms with E-state index < -0.39 is 0 Å². The van der Waals surface area contributed by atoms with Crippen molar-refractivity contribution in [1.82, 2.24) is 16.0 Å². The molecule has 0 aromatic heterocycles. The summed E-state index contributed by atoms with van der Waals surface area (Å²) in [6, 6.07) is 0.743. The number of hydrogen-bond donors (Lipinski definition) is 3. The molecule has 2 atom stereocenters. The third kappa shape index (κ3) is 5.89. The molecule has 1 rings (SSSR count). The van der Waals surface area contributed by atoms with Gasteiger partial charge in [0.25, 0.3) is 0 Å². The molecule has 0 heterocycles. The molecule has 0 radical (unpaired) electrons. The predicted octanol–water partition coefficient (Wildman–Crippen LogP) is 0.865. The number of aliphatic imine (C=N–C) groups is 1. The van der Waals surface area contributed by atoms with Crippen LogP contribution in [0.5, 0.6) is 0 Å². The van der Waals surface area contributed by atoms with E-state index in [4.69, 9.17) is 0 Å². The number of guanidine groups is 1. The standard InChI is InChI=1S/C13H26N4O/c1-5-14-13(17-11-8-10(11)4)15-7-6-12(18)16-9(2)3/h9-11H,5-8H2,1-4H3,(H,16,18)(H2,14,15,17). The summed E-state index contributed by atoms with van der Waals surface area (Å²) in [6.07, 6.45) is 1.65. The van der Waals surface area contributed by atoms with Crippen molar-refractivity contribution < 1.29 is 4.79 Å². The minimum Gasteiger partial charge on any atom is -0.357 e. The van der Waals surface area contributed by atoms with Crippen LogP contribution in [0.25, 0.3) is 0 Å². The monoisotopic (exact) mass is 254 g/mol. The molecule has 18 heavy (non-hydrogen) atoms. The quantitative estimate of drug-likeness (QED) is 0.486. The lowest BCUT2D eigenvalue weighted by atomic mass is 10.3. The fourth-order valence-electron chi connectivity index (χ4n) is 1.68. The van der Waals surface area contributed by atoms with Gasteiger partial charge in [-0.2, -0.15) is 0 Å². The van der Waals surface area contributed by atoms with E-state index in [-0.39, 0.29) is 11.9 Å². The number of nitrogens with one attached hydrogen (secondary N) is 3. The van der Waals surface area contributed by atoms with E-state index in [0.29, 0.717) is 19.0 Å². The summed E-state index contributed by atoms with van der Waals surface area (Å²) in [6.45, 7) is 9.54. The van der Waals surface area contributed by atoms with Crippen LogP contribution >= 0.6 is 0 Å². The molecule has 0 saturated heterocycles. The number of nitrogens with zero attached hydrogens (tertiary/aromatic N) is 1. The first-order valence-electron chi connectivity index (χ1n) is 6.87. The van der Waals surface area contributed by atoms with Crippen molar-refractivity contribution in [2.24, 2.45) is 10.9 Å². The van der Waals surface area contributed by atoms with Crippen molar-refractivity contribution in [2.75, 3.05) is 13.1 Å². The van der Waals surface area contributed by atoms with Gasteiger partial charge in [0.2, 0.25) is 5.91 Å². The van der Waals surface area contributed by atoms with Gasteiger partial charge in [-0.3, -0.25) is 9.79 Å². The zero-order valence-electron chi connectivity index (χ0n) is 11.9. The van der Waals surface area contributed by atoms with Crippen LogP contribution in [0.1, 0.15) is 40.5 Å². The topological polar surface area (TPSA) is 65.5 Å². The van der Waals surface area contributed by atoms with Crippen molar-refractivity contribution in [1.29, 1.82) is 0 Å². The second kappa shape index (κ2) is 7.24. The van der Waals surface area contributed by atoms with E-state index >= 15 is 0 Å². The van der Waals surface area contributed by atoms with Gasteiger partial charge >= 0.3 is 0 Å². The van der Waals surface area contributed by atoms with Crippen molar-refractivity contribution >= 4 is 11.9 Å². The Bertz CT molecular complexity index is 301. The minimum atomic E-state index is 0.0596. The van der Waals surface area contributed by atoms with Crippen LogP contribution in [-0.2, 0) is 4.79 Å². The second-order valence-electron chi connectivity index (χ2n) is 5.20. The Kier molecular flexibility index (Phi) is 5.95. The van der Waals surface area contributed by atoms with Crippen molar-refractivity contribution in [2.45, 2.75) is 52.6 Å². The van der Waals surface area contributed by atoms with E-state index in [1.807, 2.05) is 20.8 Å². The molecule has 5 heteroatoms. The van der Waals surface area contributed by atoms with Gasteiger partial charge in [0.15, 0.2) is 5.96 Å². The summed E-state index contributed by atoms with van der Waals surface area (Å²) in [5, 5.41) is 9.42. The summed E-state index contributed by atoms with van der Waals surface area (Å²) in [4.78, 5) is 15.9. The van der Waals surface area contributed by atoms with Crippen LogP contribution in [0.3, 0.4) is 0 Å². The number of amides is 1. The molecule has 1 aliphatic rings. The van der Waals surface area contributed by atoms with E-state index in [0.717, 1.165) is 18.4 Å². The molecule has 1 amide bonds. The largest absolute Gasteiger partial charge is 0.357 e. The Morgan fingerprint density at radius 1 is 1.44 bits per heavy atom. The second-order valence-corrected chi connectivity index (χ2v) is 5.20. The Labute approximate surface area is 110 Å². The van der Waals surface area contributed by atoms with Crippen molar-refractivity contribution in [3.63, 3.8) is 0 Å². The third-order valence-electron chi connectivity index (χ3n) is 2.83. The highest BCUT2D eigenvalue weighted by atomic mass is 16.1. The normalized spacial score (nSPS) is 22.8. The Morgan fingerprint density at radius 2 is 2.11 bits per heavy atom. The molecule has 104 valence electrons. The lowest BCUT2D eigenvalue weighted by molar-refractivity contribution is -0.121. The maximum Gasteiger partial charge on any atom is 0.222 e. The highest BCUT2D eigenvalue weighted by molar-refractivity contribution is 5.81. The lowest BCUT2D eigenvalue weighted by Gasteiger charge is -2.11. The number of hydrogen-bond acceptors (Lipinski definition) is 2. The fraction of sp³-hybridized carbons (Fsp3) is 0.846. The first-order chi connectivity index (χ1) is 8.52. The molecule has 2 unspecified atom stereocenters. The molecule has 5 nitrogen and oxygen atoms in total. The molecule has 0 aliphatic heterocycles. The van der Waals surface area contributed by atoms with Gasteiger partial charge in [-0.15, -0.1) is 0 Å². The van der Waals surface area contributed by atoms with Crippen LogP contribution < -0.4 is 16.0 Å². The average molecular weight is 254 g/mol. The van der Waals surface area contributed by atoms with Crippen molar-refractivity contribution in [3.8, 4) is 0 Å². The molecule has 1 aliphatic carbocycles. The summed E-state index contributed by atoms with van der Waals surface area (Å²) >= 11 is 0. The fourth-order valence-corrected chi connectivity index (χ4v) is 1.68. The summed E-state index contributed by atoms with van der Waals surface area (Å²) in [5.41, 5.74) is 0. The van der Waals surface area contributed by atoms with E-state index in [2.05, 4.69) is 27.9 Å². The zero-order chi connectivity index (χ0) is 13.5. The highest BCUT2D eigenvalue weighted by Crippen LogP contribution is 2.28. The molecule has 3 N–H and O–H groups in total. The maximum absolute atomic E-state index is 11.5. The van der Waals surface area contributed by atoms with Crippen LogP contribution in [0.15, 0.2) is 4.99 Å².